The van der Waals surface area contributed by atoms with Gasteiger partial charge < -0.3 is 9.67 Å². The molecule has 0 saturated heterocycles. The molecule has 0 radical (unpaired) electrons. The van der Waals surface area contributed by atoms with E-state index in [4.69, 9.17) is 5.11 Å². The Labute approximate surface area is 121 Å². The third-order valence-corrected chi connectivity index (χ3v) is 4.56. The molecule has 0 spiro atoms. The molecule has 0 fully saturated rings. The van der Waals surface area contributed by atoms with Gasteiger partial charge in [0, 0.05) is 18.3 Å². The van der Waals surface area contributed by atoms with E-state index in [-0.39, 0.29) is 5.69 Å². The minimum Gasteiger partial charge on any atom is -0.480 e. The van der Waals surface area contributed by atoms with Crippen molar-refractivity contribution in [2.45, 2.75) is 12.2 Å². The Balaban J connectivity index is 2.31. The topological polar surface area (TPSA) is 114 Å². The standard InChI is InChI=1S/C12H14N4O4S/c1-8(12(17)18)21(19,20)15-10-5-3-4-9(6-10)11-14-13-7-16(11)2/h3-8,15H,1-2H3,(H,17,18). The van der Waals surface area contributed by atoms with Crippen molar-refractivity contribution in [1.82, 2.24) is 14.8 Å². The highest BCUT2D eigenvalue weighted by Crippen LogP contribution is 2.21. The molecule has 0 aliphatic carbocycles. The highest BCUT2D eigenvalue weighted by molar-refractivity contribution is 7.94. The second kappa shape index (κ2) is 5.52. The second-order valence-electron chi connectivity index (χ2n) is 4.47. The molecule has 0 aliphatic rings. The first-order valence-electron chi connectivity index (χ1n) is 6.00. The fraction of sp³-hybridized carbons (Fsp3) is 0.250. The SMILES string of the molecule is CC(C(=O)O)S(=O)(=O)Nc1cccc(-c2nncn2C)c1. The summed E-state index contributed by atoms with van der Waals surface area (Å²) in [5, 5.41) is 14.9. The van der Waals surface area contributed by atoms with Crippen molar-refractivity contribution in [2.24, 2.45) is 7.05 Å². The molecule has 0 amide bonds. The van der Waals surface area contributed by atoms with Gasteiger partial charge in [-0.3, -0.25) is 9.52 Å². The van der Waals surface area contributed by atoms with Gasteiger partial charge in [-0.15, -0.1) is 10.2 Å². The number of carboxylic acid groups (broad SMARTS) is 1. The van der Waals surface area contributed by atoms with Crippen molar-refractivity contribution >= 4 is 21.7 Å². The molecule has 1 heterocycles. The van der Waals surface area contributed by atoms with Crippen LogP contribution in [0, 0.1) is 0 Å². The first kappa shape index (κ1) is 15.0. The molecule has 9 heteroatoms. The lowest BCUT2D eigenvalue weighted by Gasteiger charge is -2.12. The van der Waals surface area contributed by atoms with Gasteiger partial charge >= 0.3 is 5.97 Å². The highest BCUT2D eigenvalue weighted by atomic mass is 32.2. The third kappa shape index (κ3) is 3.19. The summed E-state index contributed by atoms with van der Waals surface area (Å²) in [7, 11) is -2.24. The number of benzene rings is 1. The first-order valence-corrected chi connectivity index (χ1v) is 7.55. The van der Waals surface area contributed by atoms with E-state index in [1.54, 1.807) is 29.8 Å². The average molecular weight is 310 g/mol. The van der Waals surface area contributed by atoms with E-state index >= 15 is 0 Å². The summed E-state index contributed by atoms with van der Waals surface area (Å²) < 4.78 is 27.7. The van der Waals surface area contributed by atoms with Gasteiger partial charge in [0.25, 0.3) is 0 Å². The number of anilines is 1. The van der Waals surface area contributed by atoms with Crippen LogP contribution in [0.2, 0.25) is 0 Å². The third-order valence-electron chi connectivity index (χ3n) is 2.91. The second-order valence-corrected chi connectivity index (χ2v) is 6.48. The number of hydrogen-bond donors (Lipinski definition) is 2. The van der Waals surface area contributed by atoms with E-state index < -0.39 is 21.2 Å². The van der Waals surface area contributed by atoms with Crippen LogP contribution < -0.4 is 4.72 Å². The van der Waals surface area contributed by atoms with Crippen LogP contribution in [0.5, 0.6) is 0 Å². The molecular weight excluding hydrogens is 296 g/mol. The number of aliphatic carboxylic acids is 1. The Bertz CT molecular complexity index is 769. The van der Waals surface area contributed by atoms with Crippen LogP contribution in [0.3, 0.4) is 0 Å². The summed E-state index contributed by atoms with van der Waals surface area (Å²) in [5.74, 6) is -0.839. The van der Waals surface area contributed by atoms with Crippen LogP contribution in [0.4, 0.5) is 5.69 Å². The Morgan fingerprint density at radius 1 is 1.43 bits per heavy atom. The van der Waals surface area contributed by atoms with E-state index in [2.05, 4.69) is 14.9 Å². The zero-order valence-corrected chi connectivity index (χ0v) is 12.2. The quantitative estimate of drug-likeness (QED) is 0.840. The molecule has 2 aromatic rings. The molecule has 0 saturated carbocycles. The monoisotopic (exact) mass is 310 g/mol. The molecule has 112 valence electrons. The molecule has 0 bridgehead atoms. The van der Waals surface area contributed by atoms with Crippen LogP contribution in [0.15, 0.2) is 30.6 Å². The van der Waals surface area contributed by atoms with Gasteiger partial charge in [0.1, 0.15) is 6.33 Å². The number of aryl methyl sites for hydroxylation is 1. The fourth-order valence-electron chi connectivity index (χ4n) is 1.65. The molecule has 2 N–H and O–H groups in total. The minimum atomic E-state index is -4.00. The summed E-state index contributed by atoms with van der Waals surface area (Å²) >= 11 is 0. The van der Waals surface area contributed by atoms with E-state index in [1.165, 1.54) is 12.4 Å². The number of aromatic nitrogens is 3. The van der Waals surface area contributed by atoms with Crippen LogP contribution in [-0.2, 0) is 21.9 Å². The lowest BCUT2D eigenvalue weighted by Crippen LogP contribution is -2.32. The zero-order chi connectivity index (χ0) is 15.6. The highest BCUT2D eigenvalue weighted by Gasteiger charge is 2.27. The Morgan fingerprint density at radius 2 is 2.14 bits per heavy atom. The van der Waals surface area contributed by atoms with Gasteiger partial charge in [0.05, 0.1) is 0 Å². The predicted molar refractivity (Wildman–Crippen MR) is 76.1 cm³/mol. The van der Waals surface area contributed by atoms with Crippen molar-refractivity contribution in [3.63, 3.8) is 0 Å². The number of carbonyl (C=O) groups is 1. The van der Waals surface area contributed by atoms with E-state index in [9.17, 15) is 13.2 Å². The molecule has 0 aliphatic heterocycles. The molecule has 2 rings (SSSR count). The summed E-state index contributed by atoms with van der Waals surface area (Å²) in [5.41, 5.74) is 0.932. The van der Waals surface area contributed by atoms with Gasteiger partial charge in [-0.25, -0.2) is 8.42 Å². The summed E-state index contributed by atoms with van der Waals surface area (Å²) in [4.78, 5) is 10.8. The van der Waals surface area contributed by atoms with E-state index in [0.29, 0.717) is 11.4 Å². The number of nitrogens with zero attached hydrogens (tertiary/aromatic N) is 3. The Kier molecular flexibility index (Phi) is 3.94. The number of hydrogen-bond acceptors (Lipinski definition) is 5. The van der Waals surface area contributed by atoms with Gasteiger partial charge in [-0.05, 0) is 19.1 Å². The molecule has 1 atom stereocenters. The van der Waals surface area contributed by atoms with Crippen molar-refractivity contribution in [3.8, 4) is 11.4 Å². The van der Waals surface area contributed by atoms with Crippen molar-refractivity contribution in [1.29, 1.82) is 0 Å². The van der Waals surface area contributed by atoms with Crippen LogP contribution in [0.1, 0.15) is 6.92 Å². The molecule has 1 aromatic heterocycles. The van der Waals surface area contributed by atoms with Crippen molar-refractivity contribution < 1.29 is 18.3 Å². The Morgan fingerprint density at radius 3 is 2.71 bits per heavy atom. The minimum absolute atomic E-state index is 0.267. The maximum Gasteiger partial charge on any atom is 0.323 e. The predicted octanol–water partition coefficient (Wildman–Crippen LogP) is 0.697. The fourth-order valence-corrected chi connectivity index (χ4v) is 2.55. The Hall–Kier alpha value is -2.42. The number of sulfonamides is 1. The van der Waals surface area contributed by atoms with Crippen LogP contribution in [-0.4, -0.2) is 39.5 Å². The van der Waals surface area contributed by atoms with E-state index in [1.807, 2.05) is 0 Å². The van der Waals surface area contributed by atoms with Gasteiger partial charge in [0.2, 0.25) is 10.0 Å². The van der Waals surface area contributed by atoms with E-state index in [0.717, 1.165) is 6.92 Å². The molecule has 8 nitrogen and oxygen atoms in total. The van der Waals surface area contributed by atoms with Crippen molar-refractivity contribution in [2.75, 3.05) is 4.72 Å². The average Bonchev–Trinajstić information content (AvgIpc) is 2.83. The molecular formula is C12H14N4O4S. The molecule has 1 unspecified atom stereocenters. The van der Waals surface area contributed by atoms with Gasteiger partial charge in [-0.1, -0.05) is 12.1 Å². The lowest BCUT2D eigenvalue weighted by atomic mass is 10.2. The summed E-state index contributed by atoms with van der Waals surface area (Å²) in [6, 6.07) is 6.50. The maximum atomic E-state index is 11.9. The number of rotatable bonds is 5. The number of carboxylic acids is 1. The summed E-state index contributed by atoms with van der Waals surface area (Å²) in [6.45, 7) is 1.11. The molecule has 1 aromatic carbocycles. The van der Waals surface area contributed by atoms with Gasteiger partial charge in [0.15, 0.2) is 11.1 Å². The van der Waals surface area contributed by atoms with Crippen LogP contribution >= 0.6 is 0 Å². The molecule has 21 heavy (non-hydrogen) atoms. The lowest BCUT2D eigenvalue weighted by molar-refractivity contribution is -0.136. The first-order chi connectivity index (χ1) is 9.81. The smallest absolute Gasteiger partial charge is 0.323 e. The largest absolute Gasteiger partial charge is 0.480 e. The van der Waals surface area contributed by atoms with Crippen molar-refractivity contribution in [3.05, 3.63) is 30.6 Å². The maximum absolute atomic E-state index is 11.9. The van der Waals surface area contributed by atoms with Gasteiger partial charge in [-0.2, -0.15) is 0 Å². The zero-order valence-electron chi connectivity index (χ0n) is 11.4. The van der Waals surface area contributed by atoms with Crippen LogP contribution in [0.25, 0.3) is 11.4 Å². The normalized spacial score (nSPS) is 12.9. The number of nitrogens with one attached hydrogen (secondary N) is 1. The summed E-state index contributed by atoms with van der Waals surface area (Å²) in [6.07, 6.45) is 1.53.